The van der Waals surface area contributed by atoms with Crippen molar-refractivity contribution in [2.45, 2.75) is 11.8 Å². The minimum Gasteiger partial charge on any atom is -0.497 e. The predicted octanol–water partition coefficient (Wildman–Crippen LogP) is 2.82. The average molecular weight is 360 g/mol. The van der Waals surface area contributed by atoms with Crippen molar-refractivity contribution in [3.8, 4) is 5.75 Å². The Morgan fingerprint density at radius 3 is 2.08 bits per heavy atom. The zero-order valence-electron chi connectivity index (χ0n) is 14.7. The topological polar surface area (TPSA) is 49.9 Å². The molecule has 2 aromatic rings. The summed E-state index contributed by atoms with van der Waals surface area (Å²) in [5, 5.41) is 0. The molecule has 0 saturated carbocycles. The lowest BCUT2D eigenvalue weighted by Crippen LogP contribution is -2.46. The fourth-order valence-electron chi connectivity index (χ4n) is 3.06. The first kappa shape index (κ1) is 17.6. The molecule has 5 nitrogen and oxygen atoms in total. The Bertz CT molecular complexity index is 811. The Hall–Kier alpha value is -2.21. The van der Waals surface area contributed by atoms with Gasteiger partial charge < -0.3 is 14.5 Å². The van der Waals surface area contributed by atoms with Crippen molar-refractivity contribution in [3.63, 3.8) is 0 Å². The number of ether oxygens (including phenoxy) is 1. The molecule has 0 aliphatic carbocycles. The molecule has 0 bridgehead atoms. The summed E-state index contributed by atoms with van der Waals surface area (Å²) >= 11 is 0. The van der Waals surface area contributed by atoms with Crippen molar-refractivity contribution in [3.05, 3.63) is 48.5 Å². The number of piperazine rings is 1. The number of benzene rings is 2. The van der Waals surface area contributed by atoms with Crippen molar-refractivity contribution >= 4 is 21.2 Å². The average Bonchev–Trinajstić information content (AvgIpc) is 2.68. The zero-order chi connectivity index (χ0) is 17.9. The highest BCUT2D eigenvalue weighted by Crippen LogP contribution is 2.24. The van der Waals surface area contributed by atoms with E-state index in [1.54, 1.807) is 26.2 Å². The van der Waals surface area contributed by atoms with E-state index in [1.807, 2.05) is 24.3 Å². The largest absolute Gasteiger partial charge is 0.497 e. The summed E-state index contributed by atoms with van der Waals surface area (Å²) in [6.45, 7) is 5.31. The molecule has 1 fully saturated rings. The van der Waals surface area contributed by atoms with E-state index in [0.717, 1.165) is 37.6 Å². The van der Waals surface area contributed by atoms with Gasteiger partial charge in [-0.25, -0.2) is 8.42 Å². The summed E-state index contributed by atoms with van der Waals surface area (Å²) in [4.78, 5) is 5.03. The van der Waals surface area contributed by atoms with Gasteiger partial charge in [-0.2, -0.15) is 0 Å². The molecule has 6 heteroatoms. The second kappa shape index (κ2) is 7.35. The molecule has 2 aromatic carbocycles. The molecule has 0 N–H and O–H groups in total. The summed E-state index contributed by atoms with van der Waals surface area (Å²) in [6, 6.07) is 15.3. The number of methoxy groups -OCH3 is 1. The van der Waals surface area contributed by atoms with Crippen molar-refractivity contribution in [2.24, 2.45) is 0 Å². The predicted molar refractivity (Wildman–Crippen MR) is 102 cm³/mol. The number of anilines is 2. The molecule has 1 aliphatic heterocycles. The number of hydrogen-bond donors (Lipinski definition) is 0. The van der Waals surface area contributed by atoms with Gasteiger partial charge in [0.05, 0.1) is 17.8 Å². The molecule has 1 heterocycles. The normalized spacial score (nSPS) is 15.3. The third-order valence-electron chi connectivity index (χ3n) is 4.64. The molecule has 0 radical (unpaired) electrons. The van der Waals surface area contributed by atoms with Crippen LogP contribution in [0.3, 0.4) is 0 Å². The molecule has 3 rings (SSSR count). The van der Waals surface area contributed by atoms with E-state index in [1.165, 1.54) is 5.69 Å². The fraction of sp³-hybridized carbons (Fsp3) is 0.368. The molecular weight excluding hydrogens is 336 g/mol. The molecule has 0 atom stereocenters. The van der Waals surface area contributed by atoms with Crippen molar-refractivity contribution in [1.82, 2.24) is 0 Å². The Morgan fingerprint density at radius 1 is 0.920 bits per heavy atom. The minimum atomic E-state index is -3.14. The summed E-state index contributed by atoms with van der Waals surface area (Å²) in [6.07, 6.45) is 0. The molecule has 1 saturated heterocycles. The highest BCUT2D eigenvalue weighted by Gasteiger charge is 2.19. The molecule has 134 valence electrons. The van der Waals surface area contributed by atoms with Crippen LogP contribution in [0.4, 0.5) is 11.4 Å². The Balaban J connectivity index is 1.66. The SMILES string of the molecule is CCS(=O)(=O)c1ccc(N2CCN(c3cccc(OC)c3)CC2)cc1. The van der Waals surface area contributed by atoms with Crippen LogP contribution in [-0.2, 0) is 9.84 Å². The van der Waals surface area contributed by atoms with E-state index in [0.29, 0.717) is 4.90 Å². The summed E-state index contributed by atoms with van der Waals surface area (Å²) < 4.78 is 29.1. The van der Waals surface area contributed by atoms with E-state index in [-0.39, 0.29) is 5.75 Å². The van der Waals surface area contributed by atoms with Gasteiger partial charge in [0, 0.05) is 43.6 Å². The van der Waals surface area contributed by atoms with Gasteiger partial charge in [0.25, 0.3) is 0 Å². The minimum absolute atomic E-state index is 0.131. The van der Waals surface area contributed by atoms with Gasteiger partial charge >= 0.3 is 0 Å². The van der Waals surface area contributed by atoms with Crippen molar-refractivity contribution in [2.75, 3.05) is 48.8 Å². The summed E-state index contributed by atoms with van der Waals surface area (Å²) in [5.74, 6) is 0.999. The lowest BCUT2D eigenvalue weighted by molar-refractivity contribution is 0.414. The third-order valence-corrected chi connectivity index (χ3v) is 6.39. The first-order valence-electron chi connectivity index (χ1n) is 8.50. The van der Waals surface area contributed by atoms with Gasteiger partial charge in [-0.1, -0.05) is 13.0 Å². The number of hydrogen-bond acceptors (Lipinski definition) is 5. The first-order valence-corrected chi connectivity index (χ1v) is 10.2. The van der Waals surface area contributed by atoms with Gasteiger partial charge in [-0.05, 0) is 36.4 Å². The Labute approximate surface area is 149 Å². The third kappa shape index (κ3) is 3.90. The first-order chi connectivity index (χ1) is 12.0. The van der Waals surface area contributed by atoms with Gasteiger partial charge in [0.15, 0.2) is 9.84 Å². The monoisotopic (exact) mass is 360 g/mol. The smallest absolute Gasteiger partial charge is 0.178 e. The number of nitrogens with zero attached hydrogens (tertiary/aromatic N) is 2. The lowest BCUT2D eigenvalue weighted by atomic mass is 10.2. The Morgan fingerprint density at radius 2 is 1.52 bits per heavy atom. The van der Waals surface area contributed by atoms with Crippen LogP contribution in [0.25, 0.3) is 0 Å². The van der Waals surface area contributed by atoms with Crippen LogP contribution < -0.4 is 14.5 Å². The zero-order valence-corrected chi connectivity index (χ0v) is 15.5. The van der Waals surface area contributed by atoms with Crippen LogP contribution in [0.2, 0.25) is 0 Å². The van der Waals surface area contributed by atoms with Crippen LogP contribution in [0.15, 0.2) is 53.4 Å². The van der Waals surface area contributed by atoms with Crippen LogP contribution in [0, 0.1) is 0 Å². The van der Waals surface area contributed by atoms with Gasteiger partial charge in [-0.15, -0.1) is 0 Å². The quantitative estimate of drug-likeness (QED) is 0.821. The molecule has 0 amide bonds. The molecule has 1 aliphatic rings. The maximum atomic E-state index is 11.9. The van der Waals surface area contributed by atoms with Gasteiger partial charge in [0.2, 0.25) is 0 Å². The fourth-order valence-corrected chi connectivity index (χ4v) is 3.95. The van der Waals surface area contributed by atoms with Crippen LogP contribution >= 0.6 is 0 Å². The molecule has 25 heavy (non-hydrogen) atoms. The Kier molecular flexibility index (Phi) is 5.18. The lowest BCUT2D eigenvalue weighted by Gasteiger charge is -2.37. The highest BCUT2D eigenvalue weighted by molar-refractivity contribution is 7.91. The second-order valence-electron chi connectivity index (χ2n) is 6.07. The van der Waals surface area contributed by atoms with Crippen LogP contribution in [0.1, 0.15) is 6.92 Å². The molecule has 0 spiro atoms. The summed E-state index contributed by atoms with van der Waals surface area (Å²) in [5.41, 5.74) is 2.24. The van der Waals surface area contributed by atoms with Crippen molar-refractivity contribution in [1.29, 1.82) is 0 Å². The van der Waals surface area contributed by atoms with Gasteiger partial charge in [-0.3, -0.25) is 0 Å². The number of sulfone groups is 1. The molecule has 0 aromatic heterocycles. The maximum absolute atomic E-state index is 11.9. The van der Waals surface area contributed by atoms with E-state index < -0.39 is 9.84 Å². The maximum Gasteiger partial charge on any atom is 0.178 e. The van der Waals surface area contributed by atoms with E-state index in [2.05, 4.69) is 21.9 Å². The second-order valence-corrected chi connectivity index (χ2v) is 8.35. The van der Waals surface area contributed by atoms with Crippen molar-refractivity contribution < 1.29 is 13.2 Å². The van der Waals surface area contributed by atoms with E-state index in [9.17, 15) is 8.42 Å². The van der Waals surface area contributed by atoms with E-state index in [4.69, 9.17) is 4.74 Å². The molecular formula is C19H24N2O3S. The molecule has 0 unspecified atom stereocenters. The van der Waals surface area contributed by atoms with Gasteiger partial charge in [0.1, 0.15) is 5.75 Å². The highest BCUT2D eigenvalue weighted by atomic mass is 32.2. The van der Waals surface area contributed by atoms with Crippen LogP contribution in [-0.4, -0.2) is 47.5 Å². The van der Waals surface area contributed by atoms with Crippen LogP contribution in [0.5, 0.6) is 5.75 Å². The summed E-state index contributed by atoms with van der Waals surface area (Å²) in [7, 11) is -1.46. The van der Waals surface area contributed by atoms with E-state index >= 15 is 0 Å². The number of rotatable bonds is 5. The standard InChI is InChI=1S/C19H24N2O3S/c1-3-25(22,23)19-9-7-16(8-10-19)20-11-13-21(14-12-20)17-5-4-6-18(15-17)24-2/h4-10,15H,3,11-14H2,1-2H3.